The van der Waals surface area contributed by atoms with Crippen molar-refractivity contribution in [2.24, 2.45) is 0 Å². The number of nitrogens with zero attached hydrogens (tertiary/aromatic N) is 3. The number of rotatable bonds is 3. The molecule has 0 radical (unpaired) electrons. The number of pyridine rings is 1. The van der Waals surface area contributed by atoms with E-state index in [1.165, 1.54) is 0 Å². The second kappa shape index (κ2) is 6.89. The van der Waals surface area contributed by atoms with Gasteiger partial charge in [0.2, 0.25) is 0 Å². The highest BCUT2D eigenvalue weighted by molar-refractivity contribution is 6.00. The van der Waals surface area contributed by atoms with Crippen LogP contribution >= 0.6 is 0 Å². The summed E-state index contributed by atoms with van der Waals surface area (Å²) in [6.07, 6.45) is 1.05. The van der Waals surface area contributed by atoms with Gasteiger partial charge in [0, 0.05) is 17.7 Å². The van der Waals surface area contributed by atoms with Crippen LogP contribution in [0.4, 0.5) is 0 Å². The SMILES string of the molecule is COc1ccc([C@H]2CC(=O)c3cc(C#N)c4nc5ccccc5n4c3C2)cc1OC. The Labute approximate surface area is 173 Å². The summed E-state index contributed by atoms with van der Waals surface area (Å²) in [5.41, 5.74) is 5.26. The number of carbonyl (C=O) groups is 1. The van der Waals surface area contributed by atoms with Crippen molar-refractivity contribution in [3.63, 3.8) is 0 Å². The fourth-order valence-electron chi connectivity index (χ4n) is 4.40. The monoisotopic (exact) mass is 397 g/mol. The van der Waals surface area contributed by atoms with Gasteiger partial charge in [-0.05, 0) is 48.2 Å². The Bertz CT molecular complexity index is 1360. The van der Waals surface area contributed by atoms with Crippen LogP contribution in [0.25, 0.3) is 16.7 Å². The largest absolute Gasteiger partial charge is 0.493 e. The first kappa shape index (κ1) is 18.2. The Morgan fingerprint density at radius 2 is 1.87 bits per heavy atom. The number of Topliss-reactive ketones (excluding diaryl/α,β-unsaturated/α-hetero) is 1. The fourth-order valence-corrected chi connectivity index (χ4v) is 4.40. The molecule has 2 aromatic carbocycles. The van der Waals surface area contributed by atoms with E-state index in [4.69, 9.17) is 9.47 Å². The maximum Gasteiger partial charge on any atom is 0.165 e. The second-order valence-electron chi connectivity index (χ2n) is 7.43. The van der Waals surface area contributed by atoms with Gasteiger partial charge >= 0.3 is 0 Å². The second-order valence-corrected chi connectivity index (χ2v) is 7.43. The minimum Gasteiger partial charge on any atom is -0.493 e. The van der Waals surface area contributed by atoms with Crippen LogP contribution in [0.15, 0.2) is 48.5 Å². The summed E-state index contributed by atoms with van der Waals surface area (Å²) in [5.74, 6) is 1.34. The molecular weight excluding hydrogens is 378 g/mol. The fraction of sp³-hybridized carbons (Fsp3) is 0.208. The molecule has 0 amide bonds. The molecule has 148 valence electrons. The van der Waals surface area contributed by atoms with Crippen LogP contribution in [0, 0.1) is 11.3 Å². The molecule has 1 aliphatic rings. The van der Waals surface area contributed by atoms with Crippen molar-refractivity contribution in [2.45, 2.75) is 18.8 Å². The van der Waals surface area contributed by atoms with Gasteiger partial charge in [-0.3, -0.25) is 9.20 Å². The standard InChI is InChI=1S/C24H19N3O3/c1-29-22-8-7-14(12-23(22)30-2)15-10-20-17(21(28)11-15)9-16(13-25)24-26-18-5-3-4-6-19(18)27(20)24/h3-9,12,15H,10-11H2,1-2H3/t15-/m1/s1. The molecule has 0 N–H and O–H groups in total. The van der Waals surface area contributed by atoms with Crippen molar-refractivity contribution in [1.29, 1.82) is 5.26 Å². The van der Waals surface area contributed by atoms with Gasteiger partial charge in [0.25, 0.3) is 0 Å². The Morgan fingerprint density at radius 3 is 2.63 bits per heavy atom. The third-order valence-electron chi connectivity index (χ3n) is 5.84. The van der Waals surface area contributed by atoms with Crippen LogP contribution in [-0.4, -0.2) is 29.4 Å². The van der Waals surface area contributed by atoms with Gasteiger partial charge in [0.15, 0.2) is 22.9 Å². The molecule has 30 heavy (non-hydrogen) atoms. The van der Waals surface area contributed by atoms with E-state index >= 15 is 0 Å². The maximum atomic E-state index is 13.1. The summed E-state index contributed by atoms with van der Waals surface area (Å²) in [5, 5.41) is 9.65. The molecule has 0 fully saturated rings. The number of fused-ring (bicyclic) bond motifs is 5. The molecule has 1 atom stereocenters. The summed E-state index contributed by atoms with van der Waals surface area (Å²) in [6.45, 7) is 0. The first-order valence-electron chi connectivity index (χ1n) is 9.73. The normalized spacial score (nSPS) is 15.8. The summed E-state index contributed by atoms with van der Waals surface area (Å²) in [7, 11) is 3.21. The van der Waals surface area contributed by atoms with Gasteiger partial charge in [-0.1, -0.05) is 18.2 Å². The number of carbonyl (C=O) groups excluding carboxylic acids is 1. The lowest BCUT2D eigenvalue weighted by atomic mass is 9.81. The van der Waals surface area contributed by atoms with E-state index < -0.39 is 0 Å². The summed E-state index contributed by atoms with van der Waals surface area (Å²) in [6, 6.07) is 17.5. The van der Waals surface area contributed by atoms with Crippen LogP contribution in [0.2, 0.25) is 0 Å². The van der Waals surface area contributed by atoms with Gasteiger partial charge in [-0.2, -0.15) is 5.26 Å². The van der Waals surface area contributed by atoms with E-state index in [0.717, 1.165) is 22.3 Å². The molecule has 0 bridgehead atoms. The van der Waals surface area contributed by atoms with Crippen LogP contribution in [0.3, 0.4) is 0 Å². The van der Waals surface area contributed by atoms with Crippen LogP contribution in [0.1, 0.15) is 39.5 Å². The zero-order valence-corrected chi connectivity index (χ0v) is 16.7. The molecule has 1 aliphatic carbocycles. The van der Waals surface area contributed by atoms with Gasteiger partial charge in [-0.25, -0.2) is 4.98 Å². The van der Waals surface area contributed by atoms with E-state index in [2.05, 4.69) is 11.1 Å². The summed E-state index contributed by atoms with van der Waals surface area (Å²) >= 11 is 0. The number of ketones is 1. The number of para-hydroxylation sites is 2. The molecule has 0 aliphatic heterocycles. The summed E-state index contributed by atoms with van der Waals surface area (Å²) < 4.78 is 12.8. The molecule has 2 aromatic heterocycles. The molecule has 6 heteroatoms. The minimum absolute atomic E-state index is 0.00195. The lowest BCUT2D eigenvalue weighted by molar-refractivity contribution is 0.0963. The van der Waals surface area contributed by atoms with E-state index in [1.54, 1.807) is 20.3 Å². The van der Waals surface area contributed by atoms with E-state index in [1.807, 2.05) is 46.9 Å². The molecular formula is C24H19N3O3. The van der Waals surface area contributed by atoms with Gasteiger partial charge in [0.05, 0.1) is 30.8 Å². The van der Waals surface area contributed by atoms with Crippen molar-refractivity contribution in [3.05, 3.63) is 70.9 Å². The van der Waals surface area contributed by atoms with Crippen molar-refractivity contribution < 1.29 is 14.3 Å². The Morgan fingerprint density at radius 1 is 1.07 bits per heavy atom. The quantitative estimate of drug-likeness (QED) is 0.515. The molecule has 0 saturated carbocycles. The molecule has 2 heterocycles. The molecule has 0 unspecified atom stereocenters. The van der Waals surface area contributed by atoms with Crippen LogP contribution in [-0.2, 0) is 6.42 Å². The van der Waals surface area contributed by atoms with Gasteiger partial charge in [-0.15, -0.1) is 0 Å². The zero-order chi connectivity index (χ0) is 20.8. The zero-order valence-electron chi connectivity index (χ0n) is 16.7. The number of ether oxygens (including phenoxy) is 2. The van der Waals surface area contributed by atoms with Crippen LogP contribution < -0.4 is 9.47 Å². The van der Waals surface area contributed by atoms with E-state index in [0.29, 0.717) is 41.1 Å². The minimum atomic E-state index is 0.00195. The molecule has 0 saturated heterocycles. The van der Waals surface area contributed by atoms with Crippen molar-refractivity contribution in [2.75, 3.05) is 14.2 Å². The van der Waals surface area contributed by atoms with Crippen molar-refractivity contribution in [3.8, 4) is 17.6 Å². The number of aromatic nitrogens is 2. The average Bonchev–Trinajstić information content (AvgIpc) is 3.18. The lowest BCUT2D eigenvalue weighted by Gasteiger charge is -2.26. The van der Waals surface area contributed by atoms with Crippen molar-refractivity contribution >= 4 is 22.5 Å². The Kier molecular flexibility index (Phi) is 4.18. The number of benzene rings is 2. The maximum absolute atomic E-state index is 13.1. The third kappa shape index (κ3) is 2.63. The summed E-state index contributed by atoms with van der Waals surface area (Å²) in [4.78, 5) is 17.8. The van der Waals surface area contributed by atoms with E-state index in [9.17, 15) is 10.1 Å². The molecule has 4 aromatic rings. The first-order chi connectivity index (χ1) is 14.6. The Balaban J connectivity index is 1.71. The number of imidazole rings is 1. The molecule has 6 nitrogen and oxygen atoms in total. The predicted molar refractivity (Wildman–Crippen MR) is 112 cm³/mol. The van der Waals surface area contributed by atoms with Crippen LogP contribution in [0.5, 0.6) is 11.5 Å². The smallest absolute Gasteiger partial charge is 0.165 e. The topological polar surface area (TPSA) is 76.6 Å². The number of methoxy groups -OCH3 is 2. The molecule has 0 spiro atoms. The Hall–Kier alpha value is -3.85. The number of hydrogen-bond donors (Lipinski definition) is 0. The average molecular weight is 397 g/mol. The first-order valence-corrected chi connectivity index (χ1v) is 9.73. The highest BCUT2D eigenvalue weighted by Gasteiger charge is 2.30. The van der Waals surface area contributed by atoms with Gasteiger partial charge < -0.3 is 9.47 Å². The van der Waals surface area contributed by atoms with Crippen molar-refractivity contribution in [1.82, 2.24) is 9.38 Å². The highest BCUT2D eigenvalue weighted by Crippen LogP contribution is 2.38. The van der Waals surface area contributed by atoms with E-state index in [-0.39, 0.29) is 11.7 Å². The number of hydrogen-bond acceptors (Lipinski definition) is 5. The molecule has 5 rings (SSSR count). The lowest BCUT2D eigenvalue weighted by Crippen LogP contribution is -2.22. The third-order valence-corrected chi connectivity index (χ3v) is 5.84. The van der Waals surface area contributed by atoms with Gasteiger partial charge in [0.1, 0.15) is 6.07 Å². The predicted octanol–water partition coefficient (Wildman–Crippen LogP) is 4.29. The number of nitriles is 1. The highest BCUT2D eigenvalue weighted by atomic mass is 16.5.